The summed E-state index contributed by atoms with van der Waals surface area (Å²) < 4.78 is 14.5. The van der Waals surface area contributed by atoms with Crippen LogP contribution in [0.4, 0.5) is 10.3 Å². The molecule has 0 saturated carbocycles. The fourth-order valence-electron chi connectivity index (χ4n) is 2.43. The summed E-state index contributed by atoms with van der Waals surface area (Å²) in [6.45, 7) is 3.18. The van der Waals surface area contributed by atoms with Crippen LogP contribution < -0.4 is 5.32 Å². The molecule has 2 aromatic heterocycles. The first kappa shape index (κ1) is 12.3. The summed E-state index contributed by atoms with van der Waals surface area (Å²) in [6, 6.07) is 3.02. The summed E-state index contributed by atoms with van der Waals surface area (Å²) in [6.07, 6.45) is 3.74. The van der Waals surface area contributed by atoms with Crippen LogP contribution in [0, 0.1) is 11.7 Å². The maximum absolute atomic E-state index is 13.0. The zero-order valence-electron chi connectivity index (χ0n) is 11.0. The first-order valence-corrected chi connectivity index (χ1v) is 6.65. The SMILES string of the molecule is CN1CCC(CNc2nc3ccc(F)cn3n2)CC1. The number of fused-ring (bicyclic) bond motifs is 1. The Bertz CT molecular complexity index is 559. The van der Waals surface area contributed by atoms with Crippen LogP contribution in [0.2, 0.25) is 0 Å². The number of nitrogens with one attached hydrogen (secondary N) is 1. The van der Waals surface area contributed by atoms with Crippen molar-refractivity contribution in [3.8, 4) is 0 Å². The third-order valence-corrected chi connectivity index (χ3v) is 3.68. The van der Waals surface area contributed by atoms with Gasteiger partial charge < -0.3 is 10.2 Å². The summed E-state index contributed by atoms with van der Waals surface area (Å²) in [5.74, 6) is 0.934. The molecule has 19 heavy (non-hydrogen) atoms. The van der Waals surface area contributed by atoms with E-state index in [4.69, 9.17) is 0 Å². The molecule has 0 amide bonds. The molecule has 1 aliphatic heterocycles. The summed E-state index contributed by atoms with van der Waals surface area (Å²) in [5, 5.41) is 7.47. The molecule has 0 aromatic carbocycles. The van der Waals surface area contributed by atoms with E-state index in [0.29, 0.717) is 17.5 Å². The minimum absolute atomic E-state index is 0.306. The molecule has 6 heteroatoms. The average molecular weight is 263 g/mol. The highest BCUT2D eigenvalue weighted by atomic mass is 19.1. The van der Waals surface area contributed by atoms with Crippen molar-refractivity contribution in [3.05, 3.63) is 24.1 Å². The smallest absolute Gasteiger partial charge is 0.243 e. The van der Waals surface area contributed by atoms with Crippen LogP contribution in [0.15, 0.2) is 18.3 Å². The highest BCUT2D eigenvalue weighted by molar-refractivity contribution is 5.43. The lowest BCUT2D eigenvalue weighted by Gasteiger charge is -2.28. The fourth-order valence-corrected chi connectivity index (χ4v) is 2.43. The molecular weight excluding hydrogens is 245 g/mol. The Morgan fingerprint density at radius 1 is 1.37 bits per heavy atom. The van der Waals surface area contributed by atoms with Crippen molar-refractivity contribution in [1.29, 1.82) is 0 Å². The molecule has 1 fully saturated rings. The minimum Gasteiger partial charge on any atom is -0.353 e. The Morgan fingerprint density at radius 3 is 2.95 bits per heavy atom. The fraction of sp³-hybridized carbons (Fsp3) is 0.538. The van der Waals surface area contributed by atoms with Crippen molar-refractivity contribution in [1.82, 2.24) is 19.5 Å². The van der Waals surface area contributed by atoms with Crippen molar-refractivity contribution >= 4 is 11.6 Å². The molecular formula is C13H18FN5. The monoisotopic (exact) mass is 263 g/mol. The van der Waals surface area contributed by atoms with E-state index in [1.54, 1.807) is 6.07 Å². The number of pyridine rings is 1. The molecule has 3 rings (SSSR count). The van der Waals surface area contributed by atoms with Gasteiger partial charge in [0, 0.05) is 6.54 Å². The minimum atomic E-state index is -0.306. The first-order chi connectivity index (χ1) is 9.20. The Morgan fingerprint density at radius 2 is 2.16 bits per heavy atom. The van der Waals surface area contributed by atoms with E-state index in [9.17, 15) is 4.39 Å². The van der Waals surface area contributed by atoms with Crippen LogP contribution in [-0.4, -0.2) is 46.2 Å². The van der Waals surface area contributed by atoms with Crippen LogP contribution in [0.5, 0.6) is 0 Å². The van der Waals surface area contributed by atoms with E-state index in [1.807, 2.05) is 0 Å². The zero-order chi connectivity index (χ0) is 13.2. The maximum Gasteiger partial charge on any atom is 0.243 e. The second kappa shape index (κ2) is 5.13. The van der Waals surface area contributed by atoms with Gasteiger partial charge in [-0.15, -0.1) is 5.10 Å². The van der Waals surface area contributed by atoms with Gasteiger partial charge in [-0.2, -0.15) is 4.98 Å². The predicted octanol–water partition coefficient (Wildman–Crippen LogP) is 1.62. The highest BCUT2D eigenvalue weighted by Gasteiger charge is 2.16. The molecule has 102 valence electrons. The molecule has 0 aliphatic carbocycles. The molecule has 0 atom stereocenters. The van der Waals surface area contributed by atoms with Gasteiger partial charge in [0.05, 0.1) is 6.20 Å². The summed E-state index contributed by atoms with van der Waals surface area (Å²) in [5.41, 5.74) is 0.660. The van der Waals surface area contributed by atoms with E-state index < -0.39 is 0 Å². The molecule has 1 N–H and O–H groups in total. The molecule has 1 aliphatic rings. The third-order valence-electron chi connectivity index (χ3n) is 3.68. The second-order valence-electron chi connectivity index (χ2n) is 5.21. The number of rotatable bonds is 3. The molecule has 5 nitrogen and oxygen atoms in total. The van der Waals surface area contributed by atoms with E-state index in [1.165, 1.54) is 29.6 Å². The van der Waals surface area contributed by atoms with Crippen molar-refractivity contribution in [2.75, 3.05) is 32.0 Å². The van der Waals surface area contributed by atoms with E-state index in [-0.39, 0.29) is 5.82 Å². The Kier molecular flexibility index (Phi) is 3.33. The summed E-state index contributed by atoms with van der Waals surface area (Å²) >= 11 is 0. The summed E-state index contributed by atoms with van der Waals surface area (Å²) in [4.78, 5) is 6.67. The highest BCUT2D eigenvalue weighted by Crippen LogP contribution is 2.16. The summed E-state index contributed by atoms with van der Waals surface area (Å²) in [7, 11) is 2.15. The van der Waals surface area contributed by atoms with E-state index >= 15 is 0 Å². The molecule has 3 heterocycles. The molecule has 1 saturated heterocycles. The van der Waals surface area contributed by atoms with Crippen LogP contribution in [0.3, 0.4) is 0 Å². The van der Waals surface area contributed by atoms with Crippen molar-refractivity contribution in [2.45, 2.75) is 12.8 Å². The largest absolute Gasteiger partial charge is 0.353 e. The Hall–Kier alpha value is -1.69. The quantitative estimate of drug-likeness (QED) is 0.914. The Labute approximate surface area is 111 Å². The van der Waals surface area contributed by atoms with Gasteiger partial charge in [0.25, 0.3) is 0 Å². The average Bonchev–Trinajstić information content (AvgIpc) is 2.80. The molecule has 2 aromatic rings. The lowest BCUT2D eigenvalue weighted by Crippen LogP contribution is -2.33. The number of anilines is 1. The topological polar surface area (TPSA) is 45.5 Å². The molecule has 0 spiro atoms. The predicted molar refractivity (Wildman–Crippen MR) is 71.7 cm³/mol. The van der Waals surface area contributed by atoms with Crippen LogP contribution in [0.25, 0.3) is 5.65 Å². The first-order valence-electron chi connectivity index (χ1n) is 6.65. The number of aromatic nitrogens is 3. The second-order valence-corrected chi connectivity index (χ2v) is 5.21. The zero-order valence-corrected chi connectivity index (χ0v) is 11.0. The third kappa shape index (κ3) is 2.84. The Balaban J connectivity index is 1.62. The van der Waals surface area contributed by atoms with Crippen molar-refractivity contribution in [2.24, 2.45) is 5.92 Å². The maximum atomic E-state index is 13.0. The van der Waals surface area contributed by atoms with E-state index in [0.717, 1.165) is 19.6 Å². The van der Waals surface area contributed by atoms with Gasteiger partial charge in [-0.25, -0.2) is 8.91 Å². The van der Waals surface area contributed by atoms with Gasteiger partial charge in [0.15, 0.2) is 5.65 Å². The van der Waals surface area contributed by atoms with Gasteiger partial charge in [-0.1, -0.05) is 0 Å². The standard InChI is InChI=1S/C13H18FN5/c1-18-6-4-10(5-7-18)8-15-13-16-12-3-2-11(14)9-19(12)17-13/h2-3,9-10H,4-8H2,1H3,(H,15,17). The van der Waals surface area contributed by atoms with Gasteiger partial charge in [-0.3, -0.25) is 0 Å². The number of halogens is 1. The molecule has 0 radical (unpaired) electrons. The number of likely N-dealkylation sites (tertiary alicyclic amines) is 1. The van der Waals surface area contributed by atoms with Crippen LogP contribution >= 0.6 is 0 Å². The number of piperidine rings is 1. The molecule has 0 bridgehead atoms. The number of nitrogens with zero attached hydrogens (tertiary/aromatic N) is 4. The van der Waals surface area contributed by atoms with Crippen molar-refractivity contribution in [3.63, 3.8) is 0 Å². The van der Waals surface area contributed by atoms with Crippen LogP contribution in [0.1, 0.15) is 12.8 Å². The van der Waals surface area contributed by atoms with Crippen LogP contribution in [-0.2, 0) is 0 Å². The van der Waals surface area contributed by atoms with Crippen molar-refractivity contribution < 1.29 is 4.39 Å². The van der Waals surface area contributed by atoms with Gasteiger partial charge in [0.2, 0.25) is 5.95 Å². The van der Waals surface area contributed by atoms with E-state index in [2.05, 4.69) is 27.3 Å². The lowest BCUT2D eigenvalue weighted by atomic mass is 9.97. The molecule has 0 unspecified atom stereocenters. The normalized spacial score (nSPS) is 18.0. The lowest BCUT2D eigenvalue weighted by molar-refractivity contribution is 0.226. The number of hydrogen-bond donors (Lipinski definition) is 1. The van der Waals surface area contributed by atoms with Gasteiger partial charge in [0.1, 0.15) is 5.82 Å². The van der Waals surface area contributed by atoms with Gasteiger partial charge in [-0.05, 0) is 51.0 Å². The van der Waals surface area contributed by atoms with Gasteiger partial charge >= 0.3 is 0 Å². The number of hydrogen-bond acceptors (Lipinski definition) is 4.